The fourth-order valence-corrected chi connectivity index (χ4v) is 4.08. The molecule has 8 nitrogen and oxygen atoms in total. The zero-order valence-electron chi connectivity index (χ0n) is 18.2. The fraction of sp³-hybridized carbons (Fsp3) is 0.500. The van der Waals surface area contributed by atoms with Gasteiger partial charge in [-0.05, 0) is 68.5 Å². The van der Waals surface area contributed by atoms with Gasteiger partial charge in [0.2, 0.25) is 0 Å². The van der Waals surface area contributed by atoms with Gasteiger partial charge >= 0.3 is 17.9 Å². The molecule has 1 saturated heterocycles. The lowest BCUT2D eigenvalue weighted by atomic mass is 9.90. The molecule has 3 N–H and O–H groups in total. The monoisotopic (exact) mass is 443 g/mol. The van der Waals surface area contributed by atoms with Gasteiger partial charge in [-0.25, -0.2) is 9.59 Å². The van der Waals surface area contributed by atoms with Gasteiger partial charge in [0.1, 0.15) is 22.8 Å². The van der Waals surface area contributed by atoms with Crippen LogP contribution in [-0.2, 0) is 25.5 Å². The van der Waals surface area contributed by atoms with Crippen LogP contribution in [0.4, 0.5) is 0 Å². The van der Waals surface area contributed by atoms with Crippen LogP contribution in [0.25, 0.3) is 11.3 Å². The topological polar surface area (TPSA) is 121 Å². The fourth-order valence-electron chi connectivity index (χ4n) is 4.08. The summed E-state index contributed by atoms with van der Waals surface area (Å²) < 4.78 is 21.1. The molecule has 32 heavy (non-hydrogen) atoms. The van der Waals surface area contributed by atoms with E-state index in [0.717, 1.165) is 17.9 Å². The van der Waals surface area contributed by atoms with E-state index in [1.165, 1.54) is 39.0 Å². The summed E-state index contributed by atoms with van der Waals surface area (Å²) in [5.41, 5.74) is 5.48. The molecule has 4 rings (SSSR count). The van der Waals surface area contributed by atoms with E-state index in [1.54, 1.807) is 0 Å². The standard InChI is InChI=1S/C24H29NO7/c1-23(25,24(28)31-21(26)22(27)32-24)14-13-19-11-12-20(30-19)17-7-9-18(10-8-17)29-15-16-5-3-2-4-6-16/h7-12,16,28H,2-6,13-15,25H2,1H3/t23-/m1/s1. The van der Waals surface area contributed by atoms with E-state index >= 15 is 0 Å². The van der Waals surface area contributed by atoms with Gasteiger partial charge in [-0.3, -0.25) is 0 Å². The summed E-state index contributed by atoms with van der Waals surface area (Å²) in [6.45, 7) is 2.20. The molecule has 2 aliphatic rings. The van der Waals surface area contributed by atoms with Gasteiger partial charge < -0.3 is 29.5 Å². The van der Waals surface area contributed by atoms with E-state index in [1.807, 2.05) is 36.4 Å². The highest BCUT2D eigenvalue weighted by Gasteiger charge is 2.58. The Kier molecular flexibility index (Phi) is 6.26. The molecule has 0 spiro atoms. The number of hydrogen-bond donors (Lipinski definition) is 2. The van der Waals surface area contributed by atoms with E-state index in [9.17, 15) is 14.7 Å². The molecule has 172 valence electrons. The van der Waals surface area contributed by atoms with E-state index < -0.39 is 23.5 Å². The number of hydrogen-bond acceptors (Lipinski definition) is 8. The smallest absolute Gasteiger partial charge is 0.422 e. The predicted molar refractivity (Wildman–Crippen MR) is 114 cm³/mol. The van der Waals surface area contributed by atoms with Crippen molar-refractivity contribution in [3.8, 4) is 17.1 Å². The molecule has 1 aromatic carbocycles. The second kappa shape index (κ2) is 8.96. The zero-order chi connectivity index (χ0) is 22.8. The Balaban J connectivity index is 1.32. The van der Waals surface area contributed by atoms with Crippen LogP contribution >= 0.6 is 0 Å². The van der Waals surface area contributed by atoms with Gasteiger partial charge in [0.05, 0.1) is 6.61 Å². The molecule has 2 fully saturated rings. The van der Waals surface area contributed by atoms with Crippen LogP contribution in [0, 0.1) is 5.92 Å². The Hall–Kier alpha value is -2.84. The number of aliphatic hydroxyl groups is 1. The third-order valence-electron chi connectivity index (χ3n) is 6.25. The normalized spacial score (nSPS) is 20.5. The van der Waals surface area contributed by atoms with Gasteiger partial charge in [0, 0.05) is 12.0 Å². The van der Waals surface area contributed by atoms with Crippen molar-refractivity contribution in [1.29, 1.82) is 0 Å². The van der Waals surface area contributed by atoms with Crippen molar-refractivity contribution in [2.24, 2.45) is 11.7 Å². The number of carbonyl (C=O) groups excluding carboxylic acids is 2. The van der Waals surface area contributed by atoms with Gasteiger partial charge in [-0.2, -0.15) is 0 Å². The van der Waals surface area contributed by atoms with Crippen LogP contribution in [0.15, 0.2) is 40.8 Å². The van der Waals surface area contributed by atoms with Crippen molar-refractivity contribution in [3.63, 3.8) is 0 Å². The molecule has 2 aromatic rings. The predicted octanol–water partition coefficient (Wildman–Crippen LogP) is 3.30. The molecule has 1 aliphatic carbocycles. The summed E-state index contributed by atoms with van der Waals surface area (Å²) in [7, 11) is 0. The molecule has 0 amide bonds. The van der Waals surface area contributed by atoms with Crippen molar-refractivity contribution >= 4 is 11.9 Å². The minimum Gasteiger partial charge on any atom is -0.493 e. The third-order valence-corrected chi connectivity index (χ3v) is 6.25. The summed E-state index contributed by atoms with van der Waals surface area (Å²) in [4.78, 5) is 22.6. The minimum atomic E-state index is -2.50. The Morgan fingerprint density at radius 1 is 1.06 bits per heavy atom. The maximum Gasteiger partial charge on any atom is 0.422 e. The quantitative estimate of drug-likeness (QED) is 0.471. The van der Waals surface area contributed by atoms with Gasteiger partial charge in [0.25, 0.3) is 0 Å². The van der Waals surface area contributed by atoms with Crippen LogP contribution in [-0.4, -0.2) is 35.2 Å². The van der Waals surface area contributed by atoms with Gasteiger partial charge in [-0.15, -0.1) is 0 Å². The molecule has 0 radical (unpaired) electrons. The van der Waals surface area contributed by atoms with Crippen molar-refractivity contribution < 1.29 is 33.3 Å². The molecule has 0 unspecified atom stereocenters. The first kappa shape index (κ1) is 22.4. The average Bonchev–Trinajstić information content (AvgIpc) is 3.36. The lowest BCUT2D eigenvalue weighted by molar-refractivity contribution is -0.324. The second-order valence-electron chi connectivity index (χ2n) is 8.88. The highest BCUT2D eigenvalue weighted by atomic mass is 16.9. The largest absolute Gasteiger partial charge is 0.493 e. The van der Waals surface area contributed by atoms with E-state index in [2.05, 4.69) is 9.47 Å². The molecule has 1 aromatic heterocycles. The number of aryl methyl sites for hydroxylation is 1. The Labute approximate surface area is 186 Å². The molecule has 8 heteroatoms. The van der Waals surface area contributed by atoms with Crippen molar-refractivity contribution in [2.45, 2.75) is 63.4 Å². The maximum absolute atomic E-state index is 11.3. The molecule has 1 saturated carbocycles. The van der Waals surface area contributed by atoms with Crippen molar-refractivity contribution in [1.82, 2.24) is 0 Å². The minimum absolute atomic E-state index is 0.144. The Morgan fingerprint density at radius 2 is 1.72 bits per heavy atom. The second-order valence-corrected chi connectivity index (χ2v) is 8.88. The molecule has 1 aliphatic heterocycles. The number of nitrogens with two attached hydrogens (primary N) is 1. The molecule has 0 bridgehead atoms. The number of cyclic esters (lactones) is 2. The molecular formula is C24H29NO7. The van der Waals surface area contributed by atoms with E-state index in [4.69, 9.17) is 14.9 Å². The Bertz CT molecular complexity index is 941. The van der Waals surface area contributed by atoms with Crippen LogP contribution in [0.1, 0.15) is 51.2 Å². The zero-order valence-corrected chi connectivity index (χ0v) is 18.2. The number of rotatable bonds is 8. The van der Waals surface area contributed by atoms with Crippen molar-refractivity contribution in [2.75, 3.05) is 6.61 Å². The Morgan fingerprint density at radius 3 is 2.38 bits per heavy atom. The van der Waals surface area contributed by atoms with E-state index in [0.29, 0.717) is 23.9 Å². The number of benzene rings is 1. The van der Waals surface area contributed by atoms with Crippen LogP contribution in [0.2, 0.25) is 0 Å². The first-order chi connectivity index (χ1) is 15.3. The van der Waals surface area contributed by atoms with Crippen LogP contribution in [0.3, 0.4) is 0 Å². The average molecular weight is 443 g/mol. The van der Waals surface area contributed by atoms with Crippen LogP contribution in [0.5, 0.6) is 5.75 Å². The summed E-state index contributed by atoms with van der Waals surface area (Å²) >= 11 is 0. The molecule has 2 heterocycles. The lowest BCUT2D eigenvalue weighted by Gasteiger charge is -2.34. The number of esters is 2. The summed E-state index contributed by atoms with van der Waals surface area (Å²) in [6.07, 6.45) is 6.91. The van der Waals surface area contributed by atoms with E-state index in [-0.39, 0.29) is 6.42 Å². The first-order valence-electron chi connectivity index (χ1n) is 11.1. The number of carbonyl (C=O) groups is 2. The number of ether oxygens (including phenoxy) is 3. The molecular weight excluding hydrogens is 414 g/mol. The summed E-state index contributed by atoms with van der Waals surface area (Å²) in [6, 6.07) is 11.4. The highest BCUT2D eigenvalue weighted by molar-refractivity contribution is 6.31. The van der Waals surface area contributed by atoms with Crippen LogP contribution < -0.4 is 10.5 Å². The van der Waals surface area contributed by atoms with Crippen molar-refractivity contribution in [3.05, 3.63) is 42.2 Å². The SMILES string of the molecule is C[C@@](N)(CCc1ccc(-c2ccc(OCC3CCCCC3)cc2)o1)C1(O)OC(=O)C(=O)O1. The first-order valence-corrected chi connectivity index (χ1v) is 11.1. The van der Waals surface area contributed by atoms with Gasteiger partial charge in [0.15, 0.2) is 0 Å². The molecule has 1 atom stereocenters. The highest BCUT2D eigenvalue weighted by Crippen LogP contribution is 2.33. The van der Waals surface area contributed by atoms with Gasteiger partial charge in [-0.1, -0.05) is 19.3 Å². The third kappa shape index (κ3) is 4.81. The lowest BCUT2D eigenvalue weighted by Crippen LogP contribution is -2.60. The number of furan rings is 1. The summed E-state index contributed by atoms with van der Waals surface area (Å²) in [5, 5.41) is 10.3. The summed E-state index contributed by atoms with van der Waals surface area (Å²) in [5.74, 6) is -2.21. The maximum atomic E-state index is 11.3.